The van der Waals surface area contributed by atoms with Gasteiger partial charge in [-0.05, 0) is 38.5 Å². The Kier molecular flexibility index (Phi) is 9.13. The number of hydrogen-bond donors (Lipinski definition) is 0. The van der Waals surface area contributed by atoms with E-state index in [-0.39, 0.29) is 61.6 Å². The second-order valence-corrected chi connectivity index (χ2v) is 12.9. The lowest BCUT2D eigenvalue weighted by atomic mass is 9.85. The number of nitrogens with zero attached hydrogens (tertiary/aromatic N) is 4. The molecule has 3 aliphatic heterocycles. The van der Waals surface area contributed by atoms with Crippen LogP contribution in [0.2, 0.25) is 0 Å². The highest BCUT2D eigenvalue weighted by atomic mass is 35.5. The van der Waals surface area contributed by atoms with Gasteiger partial charge >= 0.3 is 0 Å². The highest BCUT2D eigenvalue weighted by Gasteiger charge is 2.54. The van der Waals surface area contributed by atoms with E-state index in [4.69, 9.17) is 23.2 Å². The van der Waals surface area contributed by atoms with E-state index in [1.165, 1.54) is 9.80 Å². The minimum absolute atomic E-state index is 0.229. The molecule has 3 saturated heterocycles. The number of carbonyl (C=O) groups is 6. The average Bonchev–Trinajstić information content (AvgIpc) is 3.37. The summed E-state index contributed by atoms with van der Waals surface area (Å²) in [6.45, 7) is 4.73. The number of fused-ring (bicyclic) bond motifs is 2. The highest BCUT2D eigenvalue weighted by Crippen LogP contribution is 2.41. The maximum Gasteiger partial charge on any atom is 0.245 e. The smallest absolute Gasteiger partial charge is 0.245 e. The Balaban J connectivity index is 1.25. The van der Waals surface area contributed by atoms with Gasteiger partial charge in [0.1, 0.15) is 12.1 Å². The average molecular weight is 622 g/mol. The number of imide groups is 2. The first-order valence-electron chi connectivity index (χ1n) is 15.1. The molecule has 0 aromatic rings. The number of amides is 6. The molecule has 10 nitrogen and oxygen atoms in total. The zero-order valence-electron chi connectivity index (χ0n) is 24.1. The van der Waals surface area contributed by atoms with E-state index in [1.54, 1.807) is 22.0 Å². The number of carbonyl (C=O) groups excluding carboxylic acids is 6. The van der Waals surface area contributed by atoms with Crippen molar-refractivity contribution in [2.75, 3.05) is 26.2 Å². The quantitative estimate of drug-likeness (QED) is 0.385. The standard InChI is InChI=1S/C30H38Cl2N4O6/c1-3-5-23(35-25(37)19-9-7-17(31)15-21(19)27(35)39)29(41)33-11-13-34(14-12-33)30(42)24(6-4-2)36-26(38)20-10-8-18(32)16-22(20)28(36)40/h7-8,19-24H,3-6,9-16H2,1-2H3/t19-,20+,21-,22-,23+,24-/m0/s1. The van der Waals surface area contributed by atoms with Crippen LogP contribution >= 0.6 is 23.2 Å². The first-order valence-corrected chi connectivity index (χ1v) is 15.8. The van der Waals surface area contributed by atoms with E-state index in [9.17, 15) is 28.8 Å². The summed E-state index contributed by atoms with van der Waals surface area (Å²) in [7, 11) is 0. The van der Waals surface area contributed by atoms with Crippen LogP contribution in [0.3, 0.4) is 0 Å². The van der Waals surface area contributed by atoms with Gasteiger partial charge in [-0.3, -0.25) is 38.6 Å². The van der Waals surface area contributed by atoms with E-state index in [0.717, 1.165) is 0 Å². The topological polar surface area (TPSA) is 115 Å². The third-order valence-corrected chi connectivity index (χ3v) is 10.0. The van der Waals surface area contributed by atoms with Crippen LogP contribution in [-0.4, -0.2) is 93.3 Å². The van der Waals surface area contributed by atoms with Crippen molar-refractivity contribution in [2.45, 2.75) is 77.3 Å². The molecule has 42 heavy (non-hydrogen) atoms. The van der Waals surface area contributed by atoms with E-state index in [1.807, 2.05) is 13.8 Å². The summed E-state index contributed by atoms with van der Waals surface area (Å²) in [5.74, 6) is -3.92. The minimum Gasteiger partial charge on any atom is -0.337 e. The van der Waals surface area contributed by atoms with Gasteiger partial charge in [0.05, 0.1) is 23.7 Å². The number of rotatable bonds is 8. The van der Waals surface area contributed by atoms with Crippen molar-refractivity contribution in [3.63, 3.8) is 0 Å². The lowest BCUT2D eigenvalue weighted by Gasteiger charge is -2.39. The first kappa shape index (κ1) is 30.7. The molecule has 12 heteroatoms. The van der Waals surface area contributed by atoms with Gasteiger partial charge in [-0.2, -0.15) is 0 Å². The fourth-order valence-corrected chi connectivity index (χ4v) is 7.67. The second-order valence-electron chi connectivity index (χ2n) is 12.0. The Bertz CT molecular complexity index is 1150. The van der Waals surface area contributed by atoms with Gasteiger partial charge in [0.25, 0.3) is 0 Å². The summed E-state index contributed by atoms with van der Waals surface area (Å²) in [5.41, 5.74) is 0. The molecule has 2 aliphatic carbocycles. The zero-order chi connectivity index (χ0) is 30.3. The molecule has 0 radical (unpaired) electrons. The fraction of sp³-hybridized carbons (Fsp3) is 0.667. The Morgan fingerprint density at radius 1 is 0.667 bits per heavy atom. The first-order chi connectivity index (χ1) is 20.1. The lowest BCUT2D eigenvalue weighted by molar-refractivity contribution is -0.156. The van der Waals surface area contributed by atoms with Crippen molar-refractivity contribution in [1.82, 2.24) is 19.6 Å². The van der Waals surface area contributed by atoms with Gasteiger partial charge in [0.15, 0.2) is 0 Å². The summed E-state index contributed by atoms with van der Waals surface area (Å²) in [4.78, 5) is 86.2. The molecule has 0 N–H and O–H groups in total. The van der Waals surface area contributed by atoms with Crippen molar-refractivity contribution < 1.29 is 28.8 Å². The van der Waals surface area contributed by atoms with Crippen LogP contribution < -0.4 is 0 Å². The molecular formula is C30H38Cl2N4O6. The van der Waals surface area contributed by atoms with Gasteiger partial charge in [-0.1, -0.05) is 62.0 Å². The SMILES string of the molecule is CCC[C@H](C(=O)N1CCN(C(=O)[C@H](CCC)N2C(=O)[C@H]3CC(Cl)=CC[C@H]3C2=O)CC1)N1C(=O)[C@H]2CC=C(Cl)C[C@@H]2C1=O. The summed E-state index contributed by atoms with van der Waals surface area (Å²) >= 11 is 12.3. The number of hydrogen-bond acceptors (Lipinski definition) is 6. The number of likely N-dealkylation sites (tertiary alicyclic amines) is 2. The maximum absolute atomic E-state index is 13.7. The van der Waals surface area contributed by atoms with Crippen molar-refractivity contribution in [3.05, 3.63) is 22.2 Å². The van der Waals surface area contributed by atoms with Crippen molar-refractivity contribution >= 4 is 58.6 Å². The molecule has 6 amide bonds. The molecule has 0 bridgehead atoms. The number of piperazine rings is 1. The van der Waals surface area contributed by atoms with Crippen molar-refractivity contribution in [2.24, 2.45) is 23.7 Å². The molecule has 0 aromatic heterocycles. The van der Waals surface area contributed by atoms with E-state index >= 15 is 0 Å². The maximum atomic E-state index is 13.7. The molecule has 6 atom stereocenters. The lowest BCUT2D eigenvalue weighted by Crippen LogP contribution is -2.59. The van der Waals surface area contributed by atoms with Gasteiger partial charge in [0, 0.05) is 36.2 Å². The van der Waals surface area contributed by atoms with Crippen LogP contribution in [-0.2, 0) is 28.8 Å². The number of allylic oxidation sites excluding steroid dienone is 4. The summed E-state index contributed by atoms with van der Waals surface area (Å²) in [6, 6.07) is -1.78. The molecule has 0 spiro atoms. The zero-order valence-corrected chi connectivity index (χ0v) is 25.6. The van der Waals surface area contributed by atoms with Gasteiger partial charge in [-0.15, -0.1) is 0 Å². The third-order valence-electron chi connectivity index (χ3n) is 9.43. The second kappa shape index (κ2) is 12.5. The molecule has 0 aromatic carbocycles. The molecule has 0 saturated carbocycles. The van der Waals surface area contributed by atoms with Crippen molar-refractivity contribution in [1.29, 1.82) is 0 Å². The molecular weight excluding hydrogens is 583 g/mol. The molecule has 228 valence electrons. The van der Waals surface area contributed by atoms with Crippen LogP contribution in [0.15, 0.2) is 22.2 Å². The van der Waals surface area contributed by atoms with Gasteiger partial charge in [-0.25, -0.2) is 0 Å². The Hall–Kier alpha value is -2.72. The molecule has 0 unspecified atom stereocenters. The normalized spacial score (nSPS) is 29.3. The van der Waals surface area contributed by atoms with Crippen LogP contribution in [0.4, 0.5) is 0 Å². The summed E-state index contributed by atoms with van der Waals surface area (Å²) in [5, 5.41) is 1.13. The highest BCUT2D eigenvalue weighted by molar-refractivity contribution is 6.30. The monoisotopic (exact) mass is 620 g/mol. The largest absolute Gasteiger partial charge is 0.337 e. The Morgan fingerprint density at radius 2 is 1.00 bits per heavy atom. The Labute approximate surface area is 256 Å². The van der Waals surface area contributed by atoms with Gasteiger partial charge < -0.3 is 9.80 Å². The van der Waals surface area contributed by atoms with E-state index < -0.39 is 35.8 Å². The molecule has 5 rings (SSSR count). The number of halogens is 2. The van der Waals surface area contributed by atoms with Gasteiger partial charge in [0.2, 0.25) is 35.4 Å². The van der Waals surface area contributed by atoms with E-state index in [0.29, 0.717) is 61.4 Å². The fourth-order valence-electron chi connectivity index (χ4n) is 7.16. The van der Waals surface area contributed by atoms with E-state index in [2.05, 4.69) is 0 Å². The predicted molar refractivity (Wildman–Crippen MR) is 155 cm³/mol. The van der Waals surface area contributed by atoms with Crippen LogP contribution in [0.5, 0.6) is 0 Å². The molecule has 5 aliphatic rings. The summed E-state index contributed by atoms with van der Waals surface area (Å²) in [6.07, 6.45) is 6.90. The summed E-state index contributed by atoms with van der Waals surface area (Å²) < 4.78 is 0. The minimum atomic E-state index is -0.891. The predicted octanol–water partition coefficient (Wildman–Crippen LogP) is 3.03. The third kappa shape index (κ3) is 5.41. The van der Waals surface area contributed by atoms with Crippen LogP contribution in [0, 0.1) is 23.7 Å². The Morgan fingerprint density at radius 3 is 1.33 bits per heavy atom. The van der Waals surface area contributed by atoms with Crippen molar-refractivity contribution in [3.8, 4) is 0 Å². The van der Waals surface area contributed by atoms with Crippen LogP contribution in [0.1, 0.15) is 65.2 Å². The molecule has 3 heterocycles. The van der Waals surface area contributed by atoms with Crippen LogP contribution in [0.25, 0.3) is 0 Å². The molecule has 3 fully saturated rings.